The summed E-state index contributed by atoms with van der Waals surface area (Å²) >= 11 is 0. The number of piperidine rings is 1. The fourth-order valence-electron chi connectivity index (χ4n) is 3.63. The van der Waals surface area contributed by atoms with Crippen LogP contribution in [0.5, 0.6) is 0 Å². The Morgan fingerprint density at radius 3 is 2.38 bits per heavy atom. The molecule has 5 heteroatoms. The molecule has 1 unspecified atom stereocenters. The van der Waals surface area contributed by atoms with Gasteiger partial charge in [-0.15, -0.1) is 0 Å². The Bertz CT molecular complexity index is 672. The number of aromatic nitrogens is 2. The third-order valence-electron chi connectivity index (χ3n) is 4.96. The van der Waals surface area contributed by atoms with Gasteiger partial charge in [-0.3, -0.25) is 14.4 Å². The molecule has 1 amide bonds. The minimum Gasteiger partial charge on any atom is -0.347 e. The zero-order chi connectivity index (χ0) is 17.1. The Balaban J connectivity index is 1.76. The number of amides is 1. The molecule has 1 atom stereocenters. The van der Waals surface area contributed by atoms with Crippen LogP contribution in [0.3, 0.4) is 0 Å². The molecular formula is C19H26N4O. The number of hydrogen-bond donors (Lipinski definition) is 0. The minimum absolute atomic E-state index is 0.153. The van der Waals surface area contributed by atoms with Crippen LogP contribution in [0.25, 0.3) is 0 Å². The molecule has 0 saturated carbocycles. The van der Waals surface area contributed by atoms with Gasteiger partial charge in [-0.2, -0.15) is 5.10 Å². The monoisotopic (exact) mass is 326 g/mol. The van der Waals surface area contributed by atoms with Crippen LogP contribution in [-0.2, 0) is 11.8 Å². The highest BCUT2D eigenvalue weighted by molar-refractivity contribution is 5.82. The Labute approximate surface area is 143 Å². The second kappa shape index (κ2) is 7.18. The van der Waals surface area contributed by atoms with E-state index >= 15 is 0 Å². The molecule has 1 aromatic carbocycles. The van der Waals surface area contributed by atoms with Gasteiger partial charge in [-0.05, 0) is 37.6 Å². The SMILES string of the molecule is CN(C)C(=O)C(c1ccccc1)N1CCC(c2ccnn2C)CC1. The molecule has 0 radical (unpaired) electrons. The maximum Gasteiger partial charge on any atom is 0.244 e. The second-order valence-corrected chi connectivity index (χ2v) is 6.74. The average molecular weight is 326 g/mol. The lowest BCUT2D eigenvalue weighted by atomic mass is 9.91. The predicted molar refractivity (Wildman–Crippen MR) is 94.6 cm³/mol. The Morgan fingerprint density at radius 1 is 1.17 bits per heavy atom. The van der Waals surface area contributed by atoms with Crippen molar-refractivity contribution in [2.24, 2.45) is 7.05 Å². The number of likely N-dealkylation sites (N-methyl/N-ethyl adjacent to an activating group) is 1. The summed E-state index contributed by atoms with van der Waals surface area (Å²) in [5.74, 6) is 0.680. The number of likely N-dealkylation sites (tertiary alicyclic amines) is 1. The number of nitrogens with zero attached hydrogens (tertiary/aromatic N) is 4. The van der Waals surface area contributed by atoms with Gasteiger partial charge < -0.3 is 4.90 Å². The van der Waals surface area contributed by atoms with Crippen LogP contribution in [0, 0.1) is 0 Å². The van der Waals surface area contributed by atoms with Crippen molar-refractivity contribution < 1.29 is 4.79 Å². The van der Waals surface area contributed by atoms with Crippen molar-refractivity contribution in [2.75, 3.05) is 27.2 Å². The molecule has 0 bridgehead atoms. The highest BCUT2D eigenvalue weighted by Crippen LogP contribution is 2.32. The second-order valence-electron chi connectivity index (χ2n) is 6.74. The highest BCUT2D eigenvalue weighted by atomic mass is 16.2. The number of aryl methyl sites for hydroxylation is 1. The maximum absolute atomic E-state index is 12.8. The summed E-state index contributed by atoms with van der Waals surface area (Å²) in [6.07, 6.45) is 3.98. The first-order valence-corrected chi connectivity index (χ1v) is 8.56. The summed E-state index contributed by atoms with van der Waals surface area (Å²) in [5, 5.41) is 4.29. The Kier molecular flexibility index (Phi) is 5.00. The van der Waals surface area contributed by atoms with Crippen LogP contribution in [-0.4, -0.2) is 52.7 Å². The van der Waals surface area contributed by atoms with Crippen LogP contribution < -0.4 is 0 Å². The molecule has 24 heavy (non-hydrogen) atoms. The zero-order valence-corrected chi connectivity index (χ0v) is 14.7. The topological polar surface area (TPSA) is 41.4 Å². The Hall–Kier alpha value is -2.14. The van der Waals surface area contributed by atoms with E-state index in [1.165, 1.54) is 5.69 Å². The highest BCUT2D eigenvalue weighted by Gasteiger charge is 2.32. The van der Waals surface area contributed by atoms with E-state index in [0.29, 0.717) is 5.92 Å². The number of benzene rings is 1. The normalized spacial score (nSPS) is 17.6. The van der Waals surface area contributed by atoms with Crippen molar-refractivity contribution in [2.45, 2.75) is 24.8 Å². The van der Waals surface area contributed by atoms with Crippen LogP contribution in [0.4, 0.5) is 0 Å². The zero-order valence-electron chi connectivity index (χ0n) is 14.7. The quantitative estimate of drug-likeness (QED) is 0.866. The summed E-state index contributed by atoms with van der Waals surface area (Å²) in [5.41, 5.74) is 2.38. The molecule has 0 spiro atoms. The molecule has 0 N–H and O–H groups in total. The van der Waals surface area contributed by atoms with Gasteiger partial charge in [-0.25, -0.2) is 0 Å². The summed E-state index contributed by atoms with van der Waals surface area (Å²) < 4.78 is 1.97. The average Bonchev–Trinajstić information content (AvgIpc) is 3.02. The molecule has 2 heterocycles. The molecule has 1 aliphatic heterocycles. The van der Waals surface area contributed by atoms with Gasteiger partial charge in [-0.1, -0.05) is 30.3 Å². The number of carbonyl (C=O) groups is 1. The summed E-state index contributed by atoms with van der Waals surface area (Å²) in [7, 11) is 5.67. The number of hydrogen-bond acceptors (Lipinski definition) is 3. The standard InChI is InChI=1S/C19H26N4O/c1-21(2)19(24)18(16-7-5-4-6-8-16)23-13-10-15(11-14-23)17-9-12-20-22(17)3/h4-9,12,15,18H,10-11,13-14H2,1-3H3. The van der Waals surface area contributed by atoms with Crippen LogP contribution in [0.15, 0.2) is 42.6 Å². The van der Waals surface area contributed by atoms with Crippen LogP contribution in [0.2, 0.25) is 0 Å². The lowest BCUT2D eigenvalue weighted by Crippen LogP contribution is -2.43. The van der Waals surface area contributed by atoms with E-state index in [-0.39, 0.29) is 11.9 Å². The molecule has 5 nitrogen and oxygen atoms in total. The predicted octanol–water partition coefficient (Wildman–Crippen LogP) is 2.43. The van der Waals surface area contributed by atoms with E-state index in [2.05, 4.69) is 28.2 Å². The van der Waals surface area contributed by atoms with E-state index in [4.69, 9.17) is 0 Å². The minimum atomic E-state index is -0.186. The molecule has 1 aromatic heterocycles. The molecule has 1 fully saturated rings. The van der Waals surface area contributed by atoms with Crippen molar-refractivity contribution in [1.29, 1.82) is 0 Å². The molecule has 3 rings (SSSR count). The molecule has 0 aliphatic carbocycles. The van der Waals surface area contributed by atoms with Crippen molar-refractivity contribution in [3.05, 3.63) is 53.9 Å². The largest absolute Gasteiger partial charge is 0.347 e. The van der Waals surface area contributed by atoms with E-state index in [9.17, 15) is 4.79 Å². The van der Waals surface area contributed by atoms with E-state index in [0.717, 1.165) is 31.5 Å². The van der Waals surface area contributed by atoms with Crippen molar-refractivity contribution in [3.63, 3.8) is 0 Å². The third-order valence-corrected chi connectivity index (χ3v) is 4.96. The van der Waals surface area contributed by atoms with Gasteiger partial charge in [0.05, 0.1) is 0 Å². The van der Waals surface area contributed by atoms with Crippen molar-refractivity contribution in [3.8, 4) is 0 Å². The van der Waals surface area contributed by atoms with Gasteiger partial charge in [0.25, 0.3) is 0 Å². The van der Waals surface area contributed by atoms with Crippen LogP contribution in [0.1, 0.15) is 36.1 Å². The van der Waals surface area contributed by atoms with Gasteiger partial charge in [0.2, 0.25) is 5.91 Å². The van der Waals surface area contributed by atoms with Crippen molar-refractivity contribution >= 4 is 5.91 Å². The van der Waals surface area contributed by atoms with Crippen LogP contribution >= 0.6 is 0 Å². The fourth-order valence-corrected chi connectivity index (χ4v) is 3.63. The third kappa shape index (κ3) is 3.36. The van der Waals surface area contributed by atoms with E-state index < -0.39 is 0 Å². The van der Waals surface area contributed by atoms with Gasteiger partial charge in [0.15, 0.2) is 0 Å². The lowest BCUT2D eigenvalue weighted by Gasteiger charge is -2.38. The summed E-state index contributed by atoms with van der Waals surface area (Å²) in [6, 6.07) is 12.0. The van der Waals surface area contributed by atoms with Crippen molar-refractivity contribution in [1.82, 2.24) is 19.6 Å². The van der Waals surface area contributed by atoms with Gasteiger partial charge in [0, 0.05) is 39.0 Å². The lowest BCUT2D eigenvalue weighted by molar-refractivity contribution is -0.135. The molecule has 1 aliphatic rings. The molecule has 128 valence electrons. The first-order chi connectivity index (χ1) is 11.6. The van der Waals surface area contributed by atoms with Gasteiger partial charge in [0.1, 0.15) is 6.04 Å². The number of carbonyl (C=O) groups excluding carboxylic acids is 1. The number of rotatable bonds is 4. The van der Waals surface area contributed by atoms with E-state index in [1.807, 2.05) is 50.2 Å². The van der Waals surface area contributed by atoms with E-state index in [1.54, 1.807) is 4.90 Å². The fraction of sp³-hybridized carbons (Fsp3) is 0.474. The Morgan fingerprint density at radius 2 is 1.83 bits per heavy atom. The maximum atomic E-state index is 12.8. The summed E-state index contributed by atoms with van der Waals surface area (Å²) in [4.78, 5) is 16.8. The molecular weight excluding hydrogens is 300 g/mol. The molecule has 1 saturated heterocycles. The first-order valence-electron chi connectivity index (χ1n) is 8.56. The smallest absolute Gasteiger partial charge is 0.244 e. The van der Waals surface area contributed by atoms with Gasteiger partial charge >= 0.3 is 0 Å². The molecule has 2 aromatic rings. The first kappa shape index (κ1) is 16.7. The summed E-state index contributed by atoms with van der Waals surface area (Å²) in [6.45, 7) is 1.85.